The number of halogens is 5. The van der Waals surface area contributed by atoms with Crippen LogP contribution < -0.4 is 0 Å². The van der Waals surface area contributed by atoms with Gasteiger partial charge in [-0.3, -0.25) is 4.98 Å². The Morgan fingerprint density at radius 3 is 2.48 bits per heavy atom. The predicted octanol–water partition coefficient (Wildman–Crippen LogP) is 4.28. The van der Waals surface area contributed by atoms with E-state index < -0.39 is 29.2 Å². The third kappa shape index (κ3) is 4.01. The molecule has 1 N–H and O–H groups in total. The van der Waals surface area contributed by atoms with E-state index in [2.05, 4.69) is 20.9 Å². The van der Waals surface area contributed by atoms with Crippen LogP contribution in [-0.4, -0.2) is 10.1 Å². The molecule has 2 aromatic rings. The van der Waals surface area contributed by atoms with E-state index in [0.29, 0.717) is 23.9 Å². The highest BCUT2D eigenvalue weighted by molar-refractivity contribution is 9.10. The van der Waals surface area contributed by atoms with Crippen LogP contribution in [0.2, 0.25) is 0 Å². The minimum Gasteiger partial charge on any atom is -0.388 e. The fraction of sp³-hybridized carbons (Fsp3) is 0.214. The molecular formula is C14H10BrF4NO. The van der Waals surface area contributed by atoms with E-state index in [1.165, 1.54) is 6.20 Å². The van der Waals surface area contributed by atoms with Gasteiger partial charge in [-0.15, -0.1) is 0 Å². The Morgan fingerprint density at radius 2 is 1.90 bits per heavy atom. The van der Waals surface area contributed by atoms with Crippen molar-refractivity contribution in [2.24, 2.45) is 0 Å². The number of rotatable bonds is 3. The number of nitrogens with zero attached hydrogens (tertiary/aromatic N) is 1. The monoisotopic (exact) mass is 363 g/mol. The van der Waals surface area contributed by atoms with Gasteiger partial charge in [0.2, 0.25) is 0 Å². The van der Waals surface area contributed by atoms with E-state index >= 15 is 0 Å². The van der Waals surface area contributed by atoms with Gasteiger partial charge in [0.15, 0.2) is 0 Å². The van der Waals surface area contributed by atoms with Crippen LogP contribution in [0.3, 0.4) is 0 Å². The van der Waals surface area contributed by atoms with Crippen molar-refractivity contribution in [2.75, 3.05) is 0 Å². The molecule has 0 bridgehead atoms. The van der Waals surface area contributed by atoms with Crippen molar-refractivity contribution in [3.63, 3.8) is 0 Å². The van der Waals surface area contributed by atoms with Crippen LogP contribution in [0.1, 0.15) is 22.9 Å². The maximum Gasteiger partial charge on any atom is 0.416 e. The van der Waals surface area contributed by atoms with E-state index in [9.17, 15) is 22.7 Å². The van der Waals surface area contributed by atoms with Crippen LogP contribution in [0.15, 0.2) is 41.0 Å². The Bertz CT molecular complexity index is 628. The van der Waals surface area contributed by atoms with E-state index in [-0.39, 0.29) is 6.42 Å². The van der Waals surface area contributed by atoms with E-state index in [4.69, 9.17) is 0 Å². The molecule has 1 unspecified atom stereocenters. The average molecular weight is 364 g/mol. The fourth-order valence-corrected chi connectivity index (χ4v) is 2.05. The molecular weight excluding hydrogens is 354 g/mol. The van der Waals surface area contributed by atoms with Crippen LogP contribution in [0.5, 0.6) is 0 Å². The zero-order chi connectivity index (χ0) is 15.6. The lowest BCUT2D eigenvalue weighted by Gasteiger charge is -2.14. The minimum atomic E-state index is -4.59. The first kappa shape index (κ1) is 15.9. The van der Waals surface area contributed by atoms with Crippen molar-refractivity contribution in [2.45, 2.75) is 18.7 Å². The Labute approximate surface area is 126 Å². The molecule has 1 atom stereocenters. The Morgan fingerprint density at radius 1 is 1.19 bits per heavy atom. The van der Waals surface area contributed by atoms with Gasteiger partial charge in [0.1, 0.15) is 5.82 Å². The summed E-state index contributed by atoms with van der Waals surface area (Å²) in [6, 6.07) is 5.25. The molecule has 0 aliphatic heterocycles. The second-order valence-corrected chi connectivity index (χ2v) is 5.34. The zero-order valence-corrected chi connectivity index (χ0v) is 12.1. The smallest absolute Gasteiger partial charge is 0.388 e. The summed E-state index contributed by atoms with van der Waals surface area (Å²) in [6.07, 6.45) is -4.57. The van der Waals surface area contributed by atoms with Crippen LogP contribution in [0.4, 0.5) is 17.6 Å². The summed E-state index contributed by atoms with van der Waals surface area (Å²) in [6.45, 7) is 0. The summed E-state index contributed by atoms with van der Waals surface area (Å²) < 4.78 is 52.2. The number of benzene rings is 1. The molecule has 0 radical (unpaired) electrons. The number of aliphatic hydroxyl groups is 1. The van der Waals surface area contributed by atoms with Gasteiger partial charge in [-0.1, -0.05) is 0 Å². The molecule has 7 heteroatoms. The maximum atomic E-state index is 13.6. The molecule has 1 heterocycles. The predicted molar refractivity (Wildman–Crippen MR) is 72.0 cm³/mol. The highest BCUT2D eigenvalue weighted by Crippen LogP contribution is 2.32. The highest BCUT2D eigenvalue weighted by atomic mass is 79.9. The first-order valence-corrected chi connectivity index (χ1v) is 6.72. The van der Waals surface area contributed by atoms with Gasteiger partial charge in [-0.2, -0.15) is 13.2 Å². The third-order valence-corrected chi connectivity index (χ3v) is 3.34. The van der Waals surface area contributed by atoms with Crippen LogP contribution in [0, 0.1) is 5.82 Å². The molecule has 0 aliphatic rings. The average Bonchev–Trinajstić information content (AvgIpc) is 2.40. The number of pyridine rings is 1. The normalized spacial score (nSPS) is 13.2. The van der Waals surface area contributed by atoms with Gasteiger partial charge in [-0.25, -0.2) is 4.39 Å². The minimum absolute atomic E-state index is 0.0779. The number of hydrogen-bond donors (Lipinski definition) is 1. The summed E-state index contributed by atoms with van der Waals surface area (Å²) >= 11 is 3.19. The second kappa shape index (κ2) is 6.11. The van der Waals surface area contributed by atoms with Crippen LogP contribution in [0.25, 0.3) is 0 Å². The van der Waals surface area contributed by atoms with Gasteiger partial charge in [0.05, 0.1) is 11.7 Å². The standard InChI is InChI=1S/C14H10BrF4NO/c15-9-2-3-10(20-7-9)6-13(21)11-5-8(14(17,18)19)1-4-12(11)16/h1-5,7,13,21H,6H2. The molecule has 21 heavy (non-hydrogen) atoms. The molecule has 0 amide bonds. The third-order valence-electron chi connectivity index (χ3n) is 2.87. The fourth-order valence-electron chi connectivity index (χ4n) is 1.81. The first-order chi connectivity index (χ1) is 9.77. The van der Waals surface area contributed by atoms with Gasteiger partial charge >= 0.3 is 6.18 Å². The maximum absolute atomic E-state index is 13.6. The molecule has 1 aromatic carbocycles. The molecule has 0 saturated heterocycles. The quantitative estimate of drug-likeness (QED) is 0.825. The van der Waals surface area contributed by atoms with E-state index in [1.807, 2.05) is 0 Å². The van der Waals surface area contributed by atoms with Crippen molar-refractivity contribution >= 4 is 15.9 Å². The molecule has 2 rings (SSSR count). The van der Waals surface area contributed by atoms with Crippen LogP contribution >= 0.6 is 15.9 Å². The van der Waals surface area contributed by atoms with Crippen molar-refractivity contribution < 1.29 is 22.7 Å². The first-order valence-electron chi connectivity index (χ1n) is 5.92. The molecule has 0 fully saturated rings. The highest BCUT2D eigenvalue weighted by Gasteiger charge is 2.31. The topological polar surface area (TPSA) is 33.1 Å². The van der Waals surface area contributed by atoms with Gasteiger partial charge in [0, 0.05) is 28.3 Å². The summed E-state index contributed by atoms with van der Waals surface area (Å²) in [4.78, 5) is 3.99. The number of aliphatic hydroxyl groups excluding tert-OH is 1. The lowest BCUT2D eigenvalue weighted by molar-refractivity contribution is -0.137. The van der Waals surface area contributed by atoms with Crippen molar-refractivity contribution in [1.82, 2.24) is 4.98 Å². The van der Waals surface area contributed by atoms with E-state index in [1.54, 1.807) is 12.1 Å². The summed E-state index contributed by atoms with van der Waals surface area (Å²) in [5, 5.41) is 9.96. The lowest BCUT2D eigenvalue weighted by Crippen LogP contribution is -2.10. The Kier molecular flexibility index (Phi) is 4.63. The molecule has 1 aromatic heterocycles. The Balaban J connectivity index is 2.26. The van der Waals surface area contributed by atoms with Gasteiger partial charge in [-0.05, 0) is 46.3 Å². The summed E-state index contributed by atoms with van der Waals surface area (Å²) in [7, 11) is 0. The van der Waals surface area contributed by atoms with Crippen molar-refractivity contribution in [3.05, 3.63) is 63.6 Å². The largest absolute Gasteiger partial charge is 0.416 e. The molecule has 0 spiro atoms. The van der Waals surface area contributed by atoms with Crippen molar-refractivity contribution in [1.29, 1.82) is 0 Å². The van der Waals surface area contributed by atoms with Crippen LogP contribution in [-0.2, 0) is 12.6 Å². The molecule has 112 valence electrons. The van der Waals surface area contributed by atoms with E-state index in [0.717, 1.165) is 4.47 Å². The summed E-state index contributed by atoms with van der Waals surface area (Å²) in [5.41, 5.74) is -0.946. The summed E-state index contributed by atoms with van der Waals surface area (Å²) in [5.74, 6) is -0.882. The number of aromatic nitrogens is 1. The number of alkyl halides is 3. The molecule has 2 nitrogen and oxygen atoms in total. The zero-order valence-electron chi connectivity index (χ0n) is 10.5. The molecule has 0 aliphatic carbocycles. The van der Waals surface area contributed by atoms with Gasteiger partial charge in [0.25, 0.3) is 0 Å². The number of hydrogen-bond acceptors (Lipinski definition) is 2. The SMILES string of the molecule is OC(Cc1ccc(Br)cn1)c1cc(C(F)(F)F)ccc1F. The lowest BCUT2D eigenvalue weighted by atomic mass is 10.0. The van der Waals surface area contributed by atoms with Gasteiger partial charge < -0.3 is 5.11 Å². The Hall–Kier alpha value is -1.47. The van der Waals surface area contributed by atoms with Crippen molar-refractivity contribution in [3.8, 4) is 0 Å². The molecule has 0 saturated carbocycles. The second-order valence-electron chi connectivity index (χ2n) is 4.42.